The zero-order valence-corrected chi connectivity index (χ0v) is 10.2. The van der Waals surface area contributed by atoms with E-state index in [0.29, 0.717) is 21.4 Å². The first-order valence-electron chi connectivity index (χ1n) is 4.83. The molecule has 0 aliphatic heterocycles. The molecule has 0 saturated carbocycles. The lowest BCUT2D eigenvalue weighted by Gasteiger charge is -2.10. The number of halogens is 3. The van der Waals surface area contributed by atoms with Gasteiger partial charge in [0.15, 0.2) is 0 Å². The van der Waals surface area contributed by atoms with E-state index >= 15 is 0 Å². The number of nitrogens with one attached hydrogen (secondary N) is 1. The highest BCUT2D eigenvalue weighted by molar-refractivity contribution is 6.31. The molecule has 0 radical (unpaired) electrons. The van der Waals surface area contributed by atoms with Crippen molar-refractivity contribution >= 4 is 40.3 Å². The lowest BCUT2D eigenvalue weighted by molar-refractivity contribution is 0.632. The van der Waals surface area contributed by atoms with Crippen LogP contribution < -0.4 is 11.1 Å². The van der Waals surface area contributed by atoms with Crippen molar-refractivity contribution in [2.45, 2.75) is 0 Å². The highest BCUT2D eigenvalue weighted by Crippen LogP contribution is 2.28. The Morgan fingerprint density at radius 2 is 1.59 bits per heavy atom. The molecule has 2 nitrogen and oxygen atoms in total. The van der Waals surface area contributed by atoms with Gasteiger partial charge < -0.3 is 11.1 Å². The Labute approximate surface area is 108 Å². The molecule has 2 aromatic rings. The van der Waals surface area contributed by atoms with E-state index < -0.39 is 5.82 Å². The normalized spacial score (nSPS) is 10.3. The van der Waals surface area contributed by atoms with Crippen LogP contribution in [-0.2, 0) is 0 Å². The van der Waals surface area contributed by atoms with E-state index in [2.05, 4.69) is 5.32 Å². The third kappa shape index (κ3) is 2.81. The minimum absolute atomic E-state index is 0.270. The molecule has 0 saturated heterocycles. The largest absolute Gasteiger partial charge is 0.397 e. The van der Waals surface area contributed by atoms with Crippen molar-refractivity contribution in [3.63, 3.8) is 0 Å². The van der Waals surface area contributed by atoms with E-state index in [4.69, 9.17) is 28.9 Å². The first-order valence-corrected chi connectivity index (χ1v) is 5.59. The second-order valence-corrected chi connectivity index (χ2v) is 4.35. The van der Waals surface area contributed by atoms with Crippen LogP contribution in [0.25, 0.3) is 0 Å². The summed E-state index contributed by atoms with van der Waals surface area (Å²) in [4.78, 5) is 0. The van der Waals surface area contributed by atoms with Crippen LogP contribution in [0.3, 0.4) is 0 Å². The van der Waals surface area contributed by atoms with Gasteiger partial charge in [0, 0.05) is 10.0 Å². The Bertz CT molecular complexity index is 558. The zero-order valence-electron chi connectivity index (χ0n) is 8.68. The van der Waals surface area contributed by atoms with Crippen LogP contribution in [0, 0.1) is 5.82 Å². The Hall–Kier alpha value is -1.45. The maximum absolute atomic E-state index is 13.5. The zero-order chi connectivity index (χ0) is 12.4. The molecule has 0 aromatic heterocycles. The molecule has 17 heavy (non-hydrogen) atoms. The van der Waals surface area contributed by atoms with Crippen LogP contribution in [0.5, 0.6) is 0 Å². The number of rotatable bonds is 2. The average molecular weight is 271 g/mol. The molecule has 0 bridgehead atoms. The summed E-state index contributed by atoms with van der Waals surface area (Å²) >= 11 is 11.6. The average Bonchev–Trinajstić information content (AvgIpc) is 2.27. The van der Waals surface area contributed by atoms with Crippen LogP contribution in [0.1, 0.15) is 0 Å². The van der Waals surface area contributed by atoms with E-state index in [1.807, 2.05) is 0 Å². The third-order valence-corrected chi connectivity index (χ3v) is 2.68. The minimum atomic E-state index is -0.399. The van der Waals surface area contributed by atoms with Crippen molar-refractivity contribution in [3.8, 4) is 0 Å². The van der Waals surface area contributed by atoms with Gasteiger partial charge in [-0.1, -0.05) is 23.2 Å². The Morgan fingerprint density at radius 1 is 0.941 bits per heavy atom. The molecule has 0 spiro atoms. The van der Waals surface area contributed by atoms with Crippen LogP contribution >= 0.6 is 23.2 Å². The Balaban J connectivity index is 2.34. The number of anilines is 3. The maximum atomic E-state index is 13.5. The summed E-state index contributed by atoms with van der Waals surface area (Å²) < 4.78 is 13.5. The fraction of sp³-hybridized carbons (Fsp3) is 0. The van der Waals surface area contributed by atoms with Crippen LogP contribution in [-0.4, -0.2) is 0 Å². The van der Waals surface area contributed by atoms with Gasteiger partial charge in [0.1, 0.15) is 5.82 Å². The number of benzene rings is 2. The molecule has 2 rings (SSSR count). The van der Waals surface area contributed by atoms with Gasteiger partial charge >= 0.3 is 0 Å². The van der Waals surface area contributed by atoms with Crippen molar-refractivity contribution in [3.05, 3.63) is 52.3 Å². The predicted molar refractivity (Wildman–Crippen MR) is 70.6 cm³/mol. The summed E-state index contributed by atoms with van der Waals surface area (Å²) in [5.41, 5.74) is 7.05. The number of nitrogens with two attached hydrogens (primary N) is 1. The maximum Gasteiger partial charge on any atom is 0.146 e. The Morgan fingerprint density at radius 3 is 2.29 bits per heavy atom. The quantitative estimate of drug-likeness (QED) is 0.791. The molecule has 0 heterocycles. The van der Waals surface area contributed by atoms with E-state index in [1.54, 1.807) is 18.2 Å². The van der Waals surface area contributed by atoms with Crippen molar-refractivity contribution in [2.75, 3.05) is 11.1 Å². The number of hydrogen-bond donors (Lipinski definition) is 2. The summed E-state index contributed by atoms with van der Waals surface area (Å²) in [6, 6.07) is 9.20. The lowest BCUT2D eigenvalue weighted by atomic mass is 10.2. The summed E-state index contributed by atoms with van der Waals surface area (Å²) in [6.07, 6.45) is 0. The molecule has 3 N–H and O–H groups in total. The van der Waals surface area contributed by atoms with Gasteiger partial charge in [0.25, 0.3) is 0 Å². The highest BCUT2D eigenvalue weighted by atomic mass is 35.5. The summed E-state index contributed by atoms with van der Waals surface area (Å²) in [5.74, 6) is -0.399. The fourth-order valence-corrected chi connectivity index (χ4v) is 1.74. The molecule has 5 heteroatoms. The van der Waals surface area contributed by atoms with Gasteiger partial charge in [0.2, 0.25) is 0 Å². The van der Waals surface area contributed by atoms with Gasteiger partial charge in [-0.25, -0.2) is 4.39 Å². The molecule has 0 atom stereocenters. The van der Waals surface area contributed by atoms with Crippen molar-refractivity contribution < 1.29 is 4.39 Å². The van der Waals surface area contributed by atoms with E-state index in [1.165, 1.54) is 18.2 Å². The Kier molecular flexibility index (Phi) is 3.41. The molecule has 0 unspecified atom stereocenters. The number of hydrogen-bond acceptors (Lipinski definition) is 2. The van der Waals surface area contributed by atoms with Gasteiger partial charge in [0.05, 0.1) is 17.1 Å². The van der Waals surface area contributed by atoms with E-state index in [0.717, 1.165) is 0 Å². The SMILES string of the molecule is Nc1cc(Cl)ccc1Nc1cc(Cl)ccc1F. The van der Waals surface area contributed by atoms with Crippen LogP contribution in [0.2, 0.25) is 10.0 Å². The minimum Gasteiger partial charge on any atom is -0.397 e. The van der Waals surface area contributed by atoms with Gasteiger partial charge in [-0.3, -0.25) is 0 Å². The fourth-order valence-electron chi connectivity index (χ4n) is 1.39. The first kappa shape index (κ1) is 12.0. The second kappa shape index (κ2) is 4.82. The van der Waals surface area contributed by atoms with Gasteiger partial charge in [-0.2, -0.15) is 0 Å². The molecule has 2 aromatic carbocycles. The molecule has 88 valence electrons. The summed E-state index contributed by atoms with van der Waals surface area (Å²) in [6.45, 7) is 0. The monoisotopic (exact) mass is 270 g/mol. The topological polar surface area (TPSA) is 38.0 Å². The molecule has 0 aliphatic carbocycles. The smallest absolute Gasteiger partial charge is 0.146 e. The van der Waals surface area contributed by atoms with Crippen molar-refractivity contribution in [1.29, 1.82) is 0 Å². The van der Waals surface area contributed by atoms with E-state index in [-0.39, 0.29) is 5.69 Å². The molecule has 0 aliphatic rings. The molecular weight excluding hydrogens is 262 g/mol. The number of nitrogen functional groups attached to an aromatic ring is 1. The third-order valence-electron chi connectivity index (χ3n) is 2.21. The van der Waals surface area contributed by atoms with Gasteiger partial charge in [-0.15, -0.1) is 0 Å². The van der Waals surface area contributed by atoms with Crippen molar-refractivity contribution in [2.24, 2.45) is 0 Å². The van der Waals surface area contributed by atoms with Crippen LogP contribution in [0.4, 0.5) is 21.5 Å². The molecular formula is C12H9Cl2FN2. The summed E-state index contributed by atoms with van der Waals surface area (Å²) in [7, 11) is 0. The van der Waals surface area contributed by atoms with E-state index in [9.17, 15) is 4.39 Å². The second-order valence-electron chi connectivity index (χ2n) is 3.48. The van der Waals surface area contributed by atoms with Crippen molar-refractivity contribution in [1.82, 2.24) is 0 Å². The van der Waals surface area contributed by atoms with Gasteiger partial charge in [-0.05, 0) is 36.4 Å². The predicted octanol–water partition coefficient (Wildman–Crippen LogP) is 4.46. The first-order chi connectivity index (χ1) is 8.06. The highest BCUT2D eigenvalue weighted by Gasteiger charge is 2.05. The molecule has 0 fully saturated rings. The standard InChI is InChI=1S/C12H9Cl2FN2/c13-7-2-4-11(10(16)5-7)17-12-6-8(14)1-3-9(12)15/h1-6,17H,16H2. The summed E-state index contributed by atoms with van der Waals surface area (Å²) in [5, 5.41) is 3.84. The molecule has 0 amide bonds. The lowest BCUT2D eigenvalue weighted by Crippen LogP contribution is -1.98. The van der Waals surface area contributed by atoms with Crippen LogP contribution in [0.15, 0.2) is 36.4 Å².